The molecule has 1 aliphatic carbocycles. The molecule has 2 aromatic rings. The summed E-state index contributed by atoms with van der Waals surface area (Å²) < 4.78 is 1.92. The smallest absolute Gasteiger partial charge is 0.214 e. The third-order valence-electron chi connectivity index (χ3n) is 3.70. The van der Waals surface area contributed by atoms with Gasteiger partial charge in [-0.25, -0.2) is 9.50 Å². The number of anilines is 1. The topological polar surface area (TPSA) is 33.4 Å². The first-order valence-corrected chi connectivity index (χ1v) is 7.83. The van der Waals surface area contributed by atoms with Crippen LogP contribution in [0.5, 0.6) is 0 Å². The summed E-state index contributed by atoms with van der Waals surface area (Å²) in [7, 11) is 2.13. The van der Waals surface area contributed by atoms with Gasteiger partial charge in [-0.2, -0.15) is 0 Å². The minimum atomic E-state index is 0.0887. The van der Waals surface area contributed by atoms with E-state index in [2.05, 4.69) is 49.0 Å². The quantitative estimate of drug-likeness (QED) is 0.860. The van der Waals surface area contributed by atoms with Gasteiger partial charge in [-0.1, -0.05) is 44.9 Å². The fourth-order valence-corrected chi connectivity index (χ4v) is 2.95. The summed E-state index contributed by atoms with van der Waals surface area (Å²) in [5, 5.41) is 5.72. The average Bonchev–Trinajstić information content (AvgIpc) is 2.90. The number of rotatable bonds is 4. The van der Waals surface area contributed by atoms with Gasteiger partial charge in [0.1, 0.15) is 0 Å². The Hall–Kier alpha value is -1.10. The predicted octanol–water partition coefficient (Wildman–Crippen LogP) is 3.32. The Labute approximate surface area is 118 Å². The minimum absolute atomic E-state index is 0.0887. The van der Waals surface area contributed by atoms with Crippen LogP contribution in [0.3, 0.4) is 0 Å². The van der Waals surface area contributed by atoms with Crippen molar-refractivity contribution in [1.82, 2.24) is 14.6 Å². The molecule has 0 aliphatic heterocycles. The van der Waals surface area contributed by atoms with Crippen molar-refractivity contribution in [3.8, 4) is 0 Å². The lowest BCUT2D eigenvalue weighted by Gasteiger charge is -2.15. The SMILES string of the molecule is CN(CCC1CC1)c1nn2cc(C(C)(C)C)nc2s1. The molecule has 2 aromatic heterocycles. The molecule has 0 spiro atoms. The van der Waals surface area contributed by atoms with Gasteiger partial charge in [0.25, 0.3) is 0 Å². The van der Waals surface area contributed by atoms with Crippen molar-refractivity contribution in [1.29, 1.82) is 0 Å². The Morgan fingerprint density at radius 1 is 1.42 bits per heavy atom. The zero-order valence-electron chi connectivity index (χ0n) is 12.2. The van der Waals surface area contributed by atoms with Gasteiger partial charge in [0.2, 0.25) is 10.1 Å². The van der Waals surface area contributed by atoms with Crippen LogP contribution in [0, 0.1) is 5.92 Å². The highest BCUT2D eigenvalue weighted by atomic mass is 32.1. The summed E-state index contributed by atoms with van der Waals surface area (Å²) in [4.78, 5) is 7.94. The molecule has 0 bridgehead atoms. The second-order valence-corrected chi connectivity index (χ2v) is 7.58. The summed E-state index contributed by atoms with van der Waals surface area (Å²) in [5.74, 6) is 0.971. The molecule has 2 heterocycles. The second-order valence-electron chi connectivity index (χ2n) is 6.64. The number of nitrogens with zero attached hydrogens (tertiary/aromatic N) is 4. The number of imidazole rings is 1. The van der Waals surface area contributed by atoms with E-state index in [9.17, 15) is 0 Å². The Morgan fingerprint density at radius 3 is 2.74 bits per heavy atom. The van der Waals surface area contributed by atoms with Crippen LogP contribution in [0.15, 0.2) is 6.20 Å². The van der Waals surface area contributed by atoms with Gasteiger partial charge >= 0.3 is 0 Å². The fourth-order valence-electron chi connectivity index (χ4n) is 2.08. The van der Waals surface area contributed by atoms with Gasteiger partial charge in [-0.05, 0) is 12.3 Å². The molecule has 0 saturated heterocycles. The molecule has 0 radical (unpaired) electrons. The Bertz CT molecular complexity index is 542. The molecular formula is C14H22N4S. The van der Waals surface area contributed by atoms with E-state index >= 15 is 0 Å². The van der Waals surface area contributed by atoms with Crippen molar-refractivity contribution in [2.24, 2.45) is 5.92 Å². The molecule has 3 rings (SSSR count). The molecule has 1 saturated carbocycles. The minimum Gasteiger partial charge on any atom is -0.350 e. The van der Waals surface area contributed by atoms with Crippen molar-refractivity contribution in [2.75, 3.05) is 18.5 Å². The number of aromatic nitrogens is 3. The van der Waals surface area contributed by atoms with Gasteiger partial charge in [0, 0.05) is 19.0 Å². The van der Waals surface area contributed by atoms with Crippen molar-refractivity contribution >= 4 is 21.4 Å². The van der Waals surface area contributed by atoms with Crippen LogP contribution in [0.2, 0.25) is 0 Å². The van der Waals surface area contributed by atoms with Crippen LogP contribution in [0.1, 0.15) is 45.7 Å². The van der Waals surface area contributed by atoms with Gasteiger partial charge in [-0.15, -0.1) is 5.10 Å². The lowest BCUT2D eigenvalue weighted by Crippen LogP contribution is -2.19. The Morgan fingerprint density at radius 2 is 2.16 bits per heavy atom. The van der Waals surface area contributed by atoms with Gasteiger partial charge in [-0.3, -0.25) is 0 Å². The highest BCUT2D eigenvalue weighted by Crippen LogP contribution is 2.33. The summed E-state index contributed by atoms with van der Waals surface area (Å²) in [5.41, 5.74) is 1.20. The largest absolute Gasteiger partial charge is 0.350 e. The van der Waals surface area contributed by atoms with Crippen molar-refractivity contribution in [3.05, 3.63) is 11.9 Å². The lowest BCUT2D eigenvalue weighted by molar-refractivity contribution is 0.572. The first-order valence-electron chi connectivity index (χ1n) is 7.01. The highest BCUT2D eigenvalue weighted by Gasteiger charge is 2.23. The van der Waals surface area contributed by atoms with Crippen LogP contribution in [-0.4, -0.2) is 28.2 Å². The first-order chi connectivity index (χ1) is 8.93. The number of hydrogen-bond acceptors (Lipinski definition) is 4. The van der Waals surface area contributed by atoms with E-state index < -0.39 is 0 Å². The number of hydrogen-bond donors (Lipinski definition) is 0. The van der Waals surface area contributed by atoms with E-state index in [1.54, 1.807) is 11.3 Å². The van der Waals surface area contributed by atoms with Crippen LogP contribution in [0.25, 0.3) is 4.96 Å². The third kappa shape index (κ3) is 2.76. The summed E-state index contributed by atoms with van der Waals surface area (Å²) in [6, 6.07) is 0. The van der Waals surface area contributed by atoms with E-state index in [0.717, 1.165) is 28.2 Å². The van der Waals surface area contributed by atoms with E-state index in [1.807, 2.05) is 4.52 Å². The zero-order valence-corrected chi connectivity index (χ0v) is 13.0. The molecule has 104 valence electrons. The standard InChI is InChI=1S/C14H22N4S/c1-14(2,3)11-9-18-12(15-11)19-13(16-18)17(4)8-7-10-5-6-10/h9-10H,5-8H2,1-4H3. The van der Waals surface area contributed by atoms with E-state index in [1.165, 1.54) is 19.3 Å². The molecule has 19 heavy (non-hydrogen) atoms. The number of fused-ring (bicyclic) bond motifs is 1. The predicted molar refractivity (Wildman–Crippen MR) is 80.2 cm³/mol. The average molecular weight is 278 g/mol. The van der Waals surface area contributed by atoms with Gasteiger partial charge < -0.3 is 4.90 Å². The van der Waals surface area contributed by atoms with E-state index in [4.69, 9.17) is 0 Å². The van der Waals surface area contributed by atoms with Crippen molar-refractivity contribution in [2.45, 2.75) is 45.4 Å². The summed E-state index contributed by atoms with van der Waals surface area (Å²) in [6.07, 6.45) is 6.20. The van der Waals surface area contributed by atoms with E-state index in [0.29, 0.717) is 0 Å². The Kier molecular flexibility index (Phi) is 3.04. The first kappa shape index (κ1) is 12.9. The molecule has 4 nitrogen and oxygen atoms in total. The van der Waals surface area contributed by atoms with Crippen molar-refractivity contribution < 1.29 is 0 Å². The molecule has 0 aromatic carbocycles. The van der Waals surface area contributed by atoms with Crippen molar-refractivity contribution in [3.63, 3.8) is 0 Å². The van der Waals surface area contributed by atoms with Gasteiger partial charge in [0.05, 0.1) is 11.9 Å². The molecule has 0 unspecified atom stereocenters. The third-order valence-corrected chi connectivity index (χ3v) is 4.73. The molecule has 1 aliphatic rings. The van der Waals surface area contributed by atoms with Crippen LogP contribution < -0.4 is 4.90 Å². The molecular weight excluding hydrogens is 256 g/mol. The maximum absolute atomic E-state index is 4.69. The highest BCUT2D eigenvalue weighted by molar-refractivity contribution is 7.20. The Balaban J connectivity index is 1.76. The lowest BCUT2D eigenvalue weighted by atomic mass is 9.93. The molecule has 0 atom stereocenters. The maximum atomic E-state index is 4.69. The summed E-state index contributed by atoms with van der Waals surface area (Å²) in [6.45, 7) is 7.65. The van der Waals surface area contributed by atoms with Crippen LogP contribution in [-0.2, 0) is 5.41 Å². The summed E-state index contributed by atoms with van der Waals surface area (Å²) >= 11 is 1.68. The maximum Gasteiger partial charge on any atom is 0.214 e. The second kappa shape index (κ2) is 4.47. The molecule has 1 fully saturated rings. The zero-order chi connectivity index (χ0) is 13.6. The molecule has 0 N–H and O–H groups in total. The fraction of sp³-hybridized carbons (Fsp3) is 0.714. The molecule has 0 amide bonds. The monoisotopic (exact) mass is 278 g/mol. The van der Waals surface area contributed by atoms with Gasteiger partial charge in [0.15, 0.2) is 0 Å². The van der Waals surface area contributed by atoms with Crippen LogP contribution in [0.4, 0.5) is 5.13 Å². The molecule has 5 heteroatoms. The normalized spacial score (nSPS) is 16.2. The van der Waals surface area contributed by atoms with E-state index in [-0.39, 0.29) is 5.41 Å². The van der Waals surface area contributed by atoms with Crippen LogP contribution >= 0.6 is 11.3 Å².